The van der Waals surface area contributed by atoms with Crippen molar-refractivity contribution in [1.29, 1.82) is 0 Å². The Balaban J connectivity index is 2.70. The lowest BCUT2D eigenvalue weighted by molar-refractivity contribution is -0.140. The van der Waals surface area contributed by atoms with E-state index in [1.807, 2.05) is 34.6 Å². The van der Waals surface area contributed by atoms with E-state index in [2.05, 4.69) is 10.6 Å². The van der Waals surface area contributed by atoms with E-state index in [0.29, 0.717) is 5.69 Å². The lowest BCUT2D eigenvalue weighted by Gasteiger charge is -2.36. The molecule has 0 aliphatic carbocycles. The first-order valence-corrected chi connectivity index (χ1v) is 9.22. The highest BCUT2D eigenvalue weighted by Gasteiger charge is 2.29. The molecule has 0 aliphatic rings. The number of halogens is 1. The van der Waals surface area contributed by atoms with Crippen molar-refractivity contribution in [3.8, 4) is 0 Å². The third kappa shape index (κ3) is 8.47. The summed E-state index contributed by atoms with van der Waals surface area (Å²) in [5.74, 6) is -1.20. The van der Waals surface area contributed by atoms with Crippen molar-refractivity contribution in [2.45, 2.75) is 46.2 Å². The molecular formula is C20H31FN4O3. The zero-order valence-corrected chi connectivity index (χ0v) is 17.5. The normalized spacial score (nSPS) is 11.5. The minimum Gasteiger partial charge on any atom is -0.353 e. The lowest BCUT2D eigenvalue weighted by Crippen LogP contribution is -2.52. The summed E-state index contributed by atoms with van der Waals surface area (Å²) in [5, 5.41) is 5.43. The predicted molar refractivity (Wildman–Crippen MR) is 107 cm³/mol. The van der Waals surface area contributed by atoms with Gasteiger partial charge in [-0.05, 0) is 65.9 Å². The second-order valence-corrected chi connectivity index (χ2v) is 8.10. The smallest absolute Gasteiger partial charge is 0.244 e. The third-order valence-corrected chi connectivity index (χ3v) is 3.81. The highest BCUT2D eigenvalue weighted by atomic mass is 19.1. The summed E-state index contributed by atoms with van der Waals surface area (Å²) in [6, 6.07) is 5.44. The quantitative estimate of drug-likeness (QED) is 0.705. The van der Waals surface area contributed by atoms with Crippen LogP contribution in [0.4, 0.5) is 10.1 Å². The number of nitrogens with one attached hydrogen (secondary N) is 2. The highest BCUT2D eigenvalue weighted by molar-refractivity contribution is 5.95. The summed E-state index contributed by atoms with van der Waals surface area (Å²) in [7, 11) is 1.68. The van der Waals surface area contributed by atoms with Crippen molar-refractivity contribution in [3.63, 3.8) is 0 Å². The molecule has 0 fully saturated rings. The molecule has 0 atom stereocenters. The Hall–Kier alpha value is -2.48. The van der Waals surface area contributed by atoms with Gasteiger partial charge < -0.3 is 15.5 Å². The molecule has 1 aromatic rings. The number of carbonyl (C=O) groups excluding carboxylic acids is 3. The van der Waals surface area contributed by atoms with Gasteiger partial charge in [-0.25, -0.2) is 4.39 Å². The number of likely N-dealkylation sites (N-methyl/N-ethyl adjacent to an activating group) is 1. The van der Waals surface area contributed by atoms with Gasteiger partial charge in [-0.1, -0.05) is 0 Å². The summed E-state index contributed by atoms with van der Waals surface area (Å²) < 4.78 is 13.0. The molecule has 1 rings (SSSR count). The molecule has 8 heteroatoms. The number of hydrogen-bond acceptors (Lipinski definition) is 4. The molecule has 0 unspecified atom stereocenters. The van der Waals surface area contributed by atoms with Crippen LogP contribution < -0.4 is 10.6 Å². The molecule has 0 spiro atoms. The van der Waals surface area contributed by atoms with Gasteiger partial charge in [0.1, 0.15) is 12.4 Å². The van der Waals surface area contributed by atoms with E-state index in [9.17, 15) is 18.8 Å². The first kappa shape index (κ1) is 23.6. The molecule has 156 valence electrons. The molecule has 0 aromatic heterocycles. The van der Waals surface area contributed by atoms with Gasteiger partial charge in [0, 0.05) is 17.3 Å². The Kier molecular flexibility index (Phi) is 8.56. The van der Waals surface area contributed by atoms with E-state index >= 15 is 0 Å². The van der Waals surface area contributed by atoms with Crippen molar-refractivity contribution in [1.82, 2.24) is 15.1 Å². The predicted octanol–water partition coefficient (Wildman–Crippen LogP) is 1.85. The molecule has 1 aromatic carbocycles. The largest absolute Gasteiger partial charge is 0.353 e. The molecule has 2 N–H and O–H groups in total. The van der Waals surface area contributed by atoms with Crippen LogP contribution in [0.3, 0.4) is 0 Å². The van der Waals surface area contributed by atoms with Crippen LogP contribution >= 0.6 is 0 Å². The first-order valence-electron chi connectivity index (χ1n) is 9.22. The van der Waals surface area contributed by atoms with Gasteiger partial charge in [0.15, 0.2) is 0 Å². The highest BCUT2D eigenvalue weighted by Crippen LogP contribution is 2.15. The maximum atomic E-state index is 13.0. The second-order valence-electron chi connectivity index (χ2n) is 8.10. The van der Waals surface area contributed by atoms with Gasteiger partial charge in [-0.2, -0.15) is 0 Å². The molecule has 0 aliphatic heterocycles. The van der Waals surface area contributed by atoms with Crippen molar-refractivity contribution < 1.29 is 18.8 Å². The average Bonchev–Trinajstić information content (AvgIpc) is 2.52. The van der Waals surface area contributed by atoms with Crippen LogP contribution in [0.1, 0.15) is 34.6 Å². The van der Waals surface area contributed by atoms with Crippen LogP contribution in [0.5, 0.6) is 0 Å². The fourth-order valence-corrected chi connectivity index (χ4v) is 2.56. The van der Waals surface area contributed by atoms with Crippen LogP contribution in [-0.4, -0.2) is 65.8 Å². The van der Waals surface area contributed by atoms with Crippen molar-refractivity contribution in [2.24, 2.45) is 0 Å². The second kappa shape index (κ2) is 10.2. The fraction of sp³-hybridized carbons (Fsp3) is 0.550. The molecule has 0 saturated carbocycles. The van der Waals surface area contributed by atoms with E-state index in [1.165, 1.54) is 29.2 Å². The van der Waals surface area contributed by atoms with Crippen molar-refractivity contribution in [2.75, 3.05) is 32.0 Å². The standard InChI is InChI=1S/C20H31FN4O3/c1-14(2)22-17(26)11-24(6)13-19(28)25(20(3,4)5)12-18(27)23-16-9-7-15(21)8-10-16/h7-10,14H,11-13H2,1-6H3,(H,22,26)(H,23,27). The molecule has 28 heavy (non-hydrogen) atoms. The first-order chi connectivity index (χ1) is 12.9. The molecular weight excluding hydrogens is 363 g/mol. The zero-order valence-electron chi connectivity index (χ0n) is 17.5. The summed E-state index contributed by atoms with van der Waals surface area (Å²) in [6.07, 6.45) is 0. The van der Waals surface area contributed by atoms with Crippen LogP contribution in [0.2, 0.25) is 0 Å². The van der Waals surface area contributed by atoms with Gasteiger partial charge >= 0.3 is 0 Å². The molecule has 0 saturated heterocycles. The topological polar surface area (TPSA) is 81.8 Å². The van der Waals surface area contributed by atoms with Crippen LogP contribution in [0, 0.1) is 5.82 Å². The Bertz CT molecular complexity index is 684. The number of benzene rings is 1. The van der Waals surface area contributed by atoms with E-state index in [4.69, 9.17) is 0 Å². The van der Waals surface area contributed by atoms with Gasteiger partial charge in [0.05, 0.1) is 13.1 Å². The van der Waals surface area contributed by atoms with Crippen molar-refractivity contribution >= 4 is 23.4 Å². The van der Waals surface area contributed by atoms with Gasteiger partial charge in [-0.15, -0.1) is 0 Å². The fourth-order valence-electron chi connectivity index (χ4n) is 2.56. The lowest BCUT2D eigenvalue weighted by atomic mass is 10.1. The minimum absolute atomic E-state index is 0.00656. The van der Waals surface area contributed by atoms with E-state index in [1.54, 1.807) is 11.9 Å². The van der Waals surface area contributed by atoms with Crippen LogP contribution in [-0.2, 0) is 14.4 Å². The molecule has 0 bridgehead atoms. The zero-order chi connectivity index (χ0) is 21.5. The molecule has 0 radical (unpaired) electrons. The van der Waals surface area contributed by atoms with Gasteiger partial charge in [-0.3, -0.25) is 19.3 Å². The monoisotopic (exact) mass is 394 g/mol. The Labute approximate surface area is 166 Å². The summed E-state index contributed by atoms with van der Waals surface area (Å²) >= 11 is 0. The number of hydrogen-bond donors (Lipinski definition) is 2. The SMILES string of the molecule is CC(C)NC(=O)CN(C)CC(=O)N(CC(=O)Nc1ccc(F)cc1)C(C)(C)C. The Morgan fingerprint density at radius 1 is 1.00 bits per heavy atom. The number of carbonyl (C=O) groups is 3. The molecule has 0 heterocycles. The van der Waals surface area contributed by atoms with Gasteiger partial charge in [0.25, 0.3) is 0 Å². The summed E-state index contributed by atoms with van der Waals surface area (Å²) in [6.45, 7) is 9.18. The maximum Gasteiger partial charge on any atom is 0.244 e. The minimum atomic E-state index is -0.585. The Morgan fingerprint density at radius 2 is 1.57 bits per heavy atom. The number of anilines is 1. The van der Waals surface area contributed by atoms with E-state index < -0.39 is 11.4 Å². The van der Waals surface area contributed by atoms with Gasteiger partial charge in [0.2, 0.25) is 17.7 Å². The summed E-state index contributed by atoms with van der Waals surface area (Å²) in [5.41, 5.74) is -0.131. The number of rotatable bonds is 8. The van der Waals surface area contributed by atoms with Crippen molar-refractivity contribution in [3.05, 3.63) is 30.1 Å². The van der Waals surface area contributed by atoms with E-state index in [-0.39, 0.29) is 43.4 Å². The number of amides is 3. The number of nitrogens with zero attached hydrogens (tertiary/aromatic N) is 2. The van der Waals surface area contributed by atoms with Crippen LogP contribution in [0.25, 0.3) is 0 Å². The summed E-state index contributed by atoms with van der Waals surface area (Å²) in [4.78, 5) is 40.0. The Morgan fingerprint density at radius 3 is 2.07 bits per heavy atom. The molecule has 3 amide bonds. The third-order valence-electron chi connectivity index (χ3n) is 3.81. The maximum absolute atomic E-state index is 13.0. The van der Waals surface area contributed by atoms with Crippen LogP contribution in [0.15, 0.2) is 24.3 Å². The average molecular weight is 394 g/mol. The van der Waals surface area contributed by atoms with E-state index in [0.717, 1.165) is 0 Å². The molecule has 7 nitrogen and oxygen atoms in total.